The van der Waals surface area contributed by atoms with Crippen LogP contribution >= 0.6 is 11.8 Å². The summed E-state index contributed by atoms with van der Waals surface area (Å²) in [6.45, 7) is 1.50. The molecule has 0 saturated carbocycles. The van der Waals surface area contributed by atoms with Crippen molar-refractivity contribution in [2.45, 2.75) is 17.0 Å². The highest BCUT2D eigenvalue weighted by molar-refractivity contribution is 7.99. The lowest BCUT2D eigenvalue weighted by Gasteiger charge is -2.06. The molecule has 0 aliphatic heterocycles. The number of aryl methyl sites for hydroxylation is 1. The van der Waals surface area contributed by atoms with Gasteiger partial charge in [0.05, 0.1) is 11.6 Å². The molecule has 0 saturated heterocycles. The molecule has 0 unspecified atom stereocenters. The van der Waals surface area contributed by atoms with Crippen molar-refractivity contribution in [1.82, 2.24) is 14.8 Å². The molecule has 2 aromatic rings. The lowest BCUT2D eigenvalue weighted by molar-refractivity contribution is 0.101. The van der Waals surface area contributed by atoms with Gasteiger partial charge < -0.3 is 0 Å². The van der Waals surface area contributed by atoms with E-state index in [1.165, 1.54) is 25.0 Å². The minimum atomic E-state index is -0.0378. The van der Waals surface area contributed by atoms with Crippen molar-refractivity contribution in [3.05, 3.63) is 35.7 Å². The van der Waals surface area contributed by atoms with E-state index < -0.39 is 0 Å². The van der Waals surface area contributed by atoms with Crippen LogP contribution in [0.1, 0.15) is 22.8 Å². The van der Waals surface area contributed by atoms with Crippen molar-refractivity contribution >= 4 is 17.5 Å². The quantitative estimate of drug-likeness (QED) is 0.788. The maximum atomic E-state index is 11.5. The largest absolute Gasteiger partial charge is 0.294 e. The molecule has 0 fully saturated rings. The summed E-state index contributed by atoms with van der Waals surface area (Å²) < 4.78 is 1.62. The summed E-state index contributed by atoms with van der Waals surface area (Å²) in [5.74, 6) is -0.0378. The van der Waals surface area contributed by atoms with Crippen molar-refractivity contribution in [2.75, 3.05) is 0 Å². The molecule has 0 aliphatic carbocycles. The Balaban J connectivity index is 2.45. The highest BCUT2D eigenvalue weighted by atomic mass is 32.2. The van der Waals surface area contributed by atoms with Crippen molar-refractivity contribution in [3.63, 3.8) is 0 Å². The Morgan fingerprint density at radius 1 is 1.50 bits per heavy atom. The molecule has 0 aliphatic rings. The van der Waals surface area contributed by atoms with Crippen molar-refractivity contribution < 1.29 is 4.79 Å². The van der Waals surface area contributed by atoms with E-state index in [0.717, 1.165) is 4.90 Å². The van der Waals surface area contributed by atoms with Gasteiger partial charge in [0, 0.05) is 17.5 Å². The van der Waals surface area contributed by atoms with E-state index in [9.17, 15) is 4.79 Å². The molecule has 1 heterocycles. The first-order chi connectivity index (χ1) is 8.61. The number of benzene rings is 1. The molecular formula is C12H10N4OS. The molecule has 0 spiro atoms. The maximum absolute atomic E-state index is 11.5. The zero-order chi connectivity index (χ0) is 13.1. The van der Waals surface area contributed by atoms with Crippen LogP contribution in [0.25, 0.3) is 0 Å². The molecule has 0 radical (unpaired) electrons. The number of carbonyl (C=O) groups is 1. The van der Waals surface area contributed by atoms with Crippen LogP contribution in [0.5, 0.6) is 0 Å². The number of hydrogen-bond donors (Lipinski definition) is 0. The third-order valence-corrected chi connectivity index (χ3v) is 3.47. The summed E-state index contributed by atoms with van der Waals surface area (Å²) >= 11 is 1.32. The molecule has 6 heteroatoms. The van der Waals surface area contributed by atoms with Crippen LogP contribution in [-0.2, 0) is 7.05 Å². The van der Waals surface area contributed by atoms with Crippen LogP contribution in [0, 0.1) is 11.3 Å². The minimum absolute atomic E-state index is 0.0378. The second-order valence-electron chi connectivity index (χ2n) is 3.65. The van der Waals surface area contributed by atoms with E-state index in [1.807, 2.05) is 0 Å². The second kappa shape index (κ2) is 5.02. The van der Waals surface area contributed by atoms with Gasteiger partial charge >= 0.3 is 0 Å². The summed E-state index contributed by atoms with van der Waals surface area (Å²) in [6.07, 6.45) is 1.45. The second-order valence-corrected chi connectivity index (χ2v) is 4.66. The molecule has 0 bridgehead atoms. The predicted octanol–water partition coefficient (Wildman–Crippen LogP) is 2.04. The molecule has 18 heavy (non-hydrogen) atoms. The van der Waals surface area contributed by atoms with E-state index in [2.05, 4.69) is 16.2 Å². The first-order valence-corrected chi connectivity index (χ1v) is 6.00. The van der Waals surface area contributed by atoms with E-state index in [4.69, 9.17) is 5.26 Å². The topological polar surface area (TPSA) is 71.6 Å². The number of carbonyl (C=O) groups excluding carboxylic acids is 1. The molecule has 0 amide bonds. The molecule has 1 aromatic carbocycles. The highest BCUT2D eigenvalue weighted by Gasteiger charge is 2.12. The Bertz CT molecular complexity index is 642. The number of nitriles is 1. The fourth-order valence-electron chi connectivity index (χ4n) is 1.44. The van der Waals surface area contributed by atoms with Crippen LogP contribution in [0.2, 0.25) is 0 Å². The monoisotopic (exact) mass is 258 g/mol. The van der Waals surface area contributed by atoms with Gasteiger partial charge in [-0.25, -0.2) is 9.67 Å². The fourth-order valence-corrected chi connectivity index (χ4v) is 2.43. The maximum Gasteiger partial charge on any atom is 0.190 e. The first kappa shape index (κ1) is 12.3. The minimum Gasteiger partial charge on any atom is -0.294 e. The SMILES string of the molecule is CC(=O)c1ccc(C#N)cc1Sc1ncnn1C. The standard InChI is InChI=1S/C12H10N4OS/c1-8(17)10-4-3-9(6-13)5-11(10)18-12-14-7-15-16(12)2/h3-5,7H,1-2H3. The molecule has 90 valence electrons. The fraction of sp³-hybridized carbons (Fsp3) is 0.167. The van der Waals surface area contributed by atoms with Gasteiger partial charge in [0.1, 0.15) is 6.33 Å². The normalized spacial score (nSPS) is 10.1. The number of rotatable bonds is 3. The van der Waals surface area contributed by atoms with Crippen LogP contribution in [0.3, 0.4) is 0 Å². The number of nitrogens with zero attached hydrogens (tertiary/aromatic N) is 4. The molecule has 0 N–H and O–H groups in total. The predicted molar refractivity (Wildman–Crippen MR) is 66.3 cm³/mol. The lowest BCUT2D eigenvalue weighted by Crippen LogP contribution is -1.98. The van der Waals surface area contributed by atoms with Crippen LogP contribution in [-0.4, -0.2) is 20.5 Å². The van der Waals surface area contributed by atoms with Gasteiger partial charge in [0.2, 0.25) is 0 Å². The molecule has 0 atom stereocenters. The van der Waals surface area contributed by atoms with Gasteiger partial charge in [0.15, 0.2) is 10.9 Å². The van der Waals surface area contributed by atoms with Crippen molar-refractivity contribution in [1.29, 1.82) is 5.26 Å². The third kappa shape index (κ3) is 2.41. The van der Waals surface area contributed by atoms with Crippen LogP contribution in [0.15, 0.2) is 34.6 Å². The Morgan fingerprint density at radius 3 is 2.83 bits per heavy atom. The van der Waals surface area contributed by atoms with Crippen molar-refractivity contribution in [3.8, 4) is 6.07 Å². The summed E-state index contributed by atoms with van der Waals surface area (Å²) in [5, 5.41) is 13.5. The molecule has 1 aromatic heterocycles. The lowest BCUT2D eigenvalue weighted by atomic mass is 10.1. The van der Waals surface area contributed by atoms with Crippen LogP contribution < -0.4 is 0 Å². The Labute approximate surface area is 108 Å². The summed E-state index contributed by atoms with van der Waals surface area (Å²) in [7, 11) is 1.77. The van der Waals surface area contributed by atoms with Crippen LogP contribution in [0.4, 0.5) is 0 Å². The van der Waals surface area contributed by atoms with Crippen molar-refractivity contribution in [2.24, 2.45) is 7.05 Å². The van der Waals surface area contributed by atoms with Gasteiger partial charge in [-0.2, -0.15) is 10.4 Å². The number of Topliss-reactive ketones (excluding diaryl/α,β-unsaturated/α-hetero) is 1. The Hall–Kier alpha value is -2.13. The third-order valence-electron chi connectivity index (χ3n) is 2.36. The summed E-state index contributed by atoms with van der Waals surface area (Å²) in [4.78, 5) is 16.3. The molecule has 2 rings (SSSR count). The zero-order valence-corrected chi connectivity index (χ0v) is 10.7. The Morgan fingerprint density at radius 2 is 2.28 bits per heavy atom. The smallest absolute Gasteiger partial charge is 0.190 e. The molecular weight excluding hydrogens is 248 g/mol. The van der Waals surface area contributed by atoms with E-state index in [1.54, 1.807) is 29.9 Å². The van der Waals surface area contributed by atoms with Gasteiger partial charge in [-0.3, -0.25) is 4.79 Å². The zero-order valence-electron chi connectivity index (χ0n) is 9.91. The summed E-state index contributed by atoms with van der Waals surface area (Å²) in [6, 6.07) is 7.05. The number of hydrogen-bond acceptors (Lipinski definition) is 5. The van der Waals surface area contributed by atoms with E-state index >= 15 is 0 Å². The number of ketones is 1. The average molecular weight is 258 g/mol. The first-order valence-electron chi connectivity index (χ1n) is 5.18. The molecule has 5 nitrogen and oxygen atoms in total. The van der Waals surface area contributed by atoms with Gasteiger partial charge in [-0.1, -0.05) is 0 Å². The van der Waals surface area contributed by atoms with Gasteiger partial charge in [-0.15, -0.1) is 0 Å². The number of aromatic nitrogens is 3. The highest BCUT2D eigenvalue weighted by Crippen LogP contribution is 2.29. The average Bonchev–Trinajstić information content (AvgIpc) is 2.74. The van der Waals surface area contributed by atoms with E-state index in [-0.39, 0.29) is 5.78 Å². The van der Waals surface area contributed by atoms with Gasteiger partial charge in [0.25, 0.3) is 0 Å². The summed E-state index contributed by atoms with van der Waals surface area (Å²) in [5.41, 5.74) is 1.10. The Kier molecular flexibility index (Phi) is 3.44. The van der Waals surface area contributed by atoms with Gasteiger partial charge in [-0.05, 0) is 36.9 Å². The van der Waals surface area contributed by atoms with E-state index in [0.29, 0.717) is 16.3 Å².